The van der Waals surface area contributed by atoms with Crippen LogP contribution in [-0.2, 0) is 4.79 Å². The van der Waals surface area contributed by atoms with Gasteiger partial charge in [0.15, 0.2) is 5.78 Å². The molecule has 1 aromatic heterocycles. The van der Waals surface area contributed by atoms with Crippen molar-refractivity contribution in [3.05, 3.63) is 73.3 Å². The van der Waals surface area contributed by atoms with E-state index in [-0.39, 0.29) is 17.1 Å². The number of anilines is 1. The van der Waals surface area contributed by atoms with Crippen LogP contribution in [0.5, 0.6) is 0 Å². The maximum Gasteiger partial charge on any atom is 0.162 e. The summed E-state index contributed by atoms with van der Waals surface area (Å²) in [5.74, 6) is 0.124. The largest absolute Gasteiger partial charge is 0.384 e. The second-order valence-corrected chi connectivity index (χ2v) is 10.6. The molecule has 2 heterocycles. The highest BCUT2D eigenvalue weighted by molar-refractivity contribution is 9.10. The van der Waals surface area contributed by atoms with Crippen LogP contribution in [0.25, 0.3) is 0 Å². The quantitative estimate of drug-likeness (QED) is 0.609. The molecule has 148 valence electrons. The third-order valence-electron chi connectivity index (χ3n) is 5.49. The Balaban J connectivity index is 2.00. The number of Topliss-reactive ketones (excluding diaryl/α,β-unsaturated/α-hetero) is 1. The average molecular weight is 468 g/mol. The summed E-state index contributed by atoms with van der Waals surface area (Å²) in [4.78, 5) is 17.4. The standard InChI is InChI=1S/C23H22BrN3OS/c1-13-7-8-19(29-13)20-16(12-25)22(26)27(15-6-4-5-14(24)9-15)17-10-23(2,3)11-18(28)21(17)20/h4-9,20H,10-11,26H2,1-3H3. The van der Waals surface area contributed by atoms with Crippen LogP contribution >= 0.6 is 27.3 Å². The van der Waals surface area contributed by atoms with Crippen LogP contribution in [0.4, 0.5) is 5.69 Å². The van der Waals surface area contributed by atoms with Crippen molar-refractivity contribution in [2.45, 2.75) is 39.5 Å². The number of aryl methyl sites for hydroxylation is 1. The van der Waals surface area contributed by atoms with Crippen LogP contribution in [0.2, 0.25) is 0 Å². The highest BCUT2D eigenvalue weighted by atomic mass is 79.9. The first-order valence-electron chi connectivity index (χ1n) is 9.50. The first-order chi connectivity index (χ1) is 13.7. The Morgan fingerprint density at radius 2 is 2.03 bits per heavy atom. The SMILES string of the molecule is Cc1ccc(C2C(C#N)=C(N)N(c3cccc(Br)c3)C3=C2C(=O)CC(C)(C)C3)s1. The Morgan fingerprint density at radius 3 is 2.66 bits per heavy atom. The normalized spacial score (nSPS) is 21.3. The Morgan fingerprint density at radius 1 is 1.28 bits per heavy atom. The van der Waals surface area contributed by atoms with Gasteiger partial charge < -0.3 is 5.73 Å². The molecule has 0 fully saturated rings. The summed E-state index contributed by atoms with van der Waals surface area (Å²) < 4.78 is 0.917. The van der Waals surface area contributed by atoms with Gasteiger partial charge in [-0.25, -0.2) is 0 Å². The maximum atomic E-state index is 13.4. The zero-order chi connectivity index (χ0) is 20.9. The molecule has 4 rings (SSSR count). The molecule has 1 aromatic carbocycles. The third-order valence-corrected chi connectivity index (χ3v) is 7.05. The lowest BCUT2D eigenvalue weighted by Crippen LogP contribution is -2.42. The Kier molecular flexibility index (Phi) is 4.92. The Labute approximate surface area is 183 Å². The van der Waals surface area contributed by atoms with Gasteiger partial charge in [0.25, 0.3) is 0 Å². The number of hydrogen-bond donors (Lipinski definition) is 1. The van der Waals surface area contributed by atoms with Crippen molar-refractivity contribution in [2.24, 2.45) is 11.1 Å². The van der Waals surface area contributed by atoms with E-state index >= 15 is 0 Å². The minimum atomic E-state index is -0.388. The third kappa shape index (κ3) is 3.43. The number of thiophene rings is 1. The van der Waals surface area contributed by atoms with Crippen molar-refractivity contribution in [1.82, 2.24) is 0 Å². The van der Waals surface area contributed by atoms with E-state index in [9.17, 15) is 10.1 Å². The summed E-state index contributed by atoms with van der Waals surface area (Å²) in [6.45, 7) is 6.25. The number of nitriles is 1. The van der Waals surface area contributed by atoms with Crippen molar-refractivity contribution in [2.75, 3.05) is 4.90 Å². The number of rotatable bonds is 2. The molecule has 6 heteroatoms. The molecule has 0 spiro atoms. The van der Waals surface area contributed by atoms with Crippen LogP contribution in [-0.4, -0.2) is 5.78 Å². The number of nitrogens with zero attached hydrogens (tertiary/aromatic N) is 2. The van der Waals surface area contributed by atoms with Crippen LogP contribution < -0.4 is 10.6 Å². The topological polar surface area (TPSA) is 70.1 Å². The number of benzene rings is 1. The molecule has 4 nitrogen and oxygen atoms in total. The molecule has 29 heavy (non-hydrogen) atoms. The number of nitrogens with two attached hydrogens (primary N) is 1. The monoisotopic (exact) mass is 467 g/mol. The number of halogens is 1. The van der Waals surface area contributed by atoms with Crippen LogP contribution in [0, 0.1) is 23.7 Å². The molecular weight excluding hydrogens is 446 g/mol. The molecule has 2 aromatic rings. The van der Waals surface area contributed by atoms with Gasteiger partial charge in [0, 0.05) is 37.6 Å². The molecule has 0 saturated heterocycles. The number of hydrogen-bond acceptors (Lipinski definition) is 5. The van der Waals surface area contributed by atoms with Crippen molar-refractivity contribution >= 4 is 38.7 Å². The fourth-order valence-electron chi connectivity index (χ4n) is 4.31. The van der Waals surface area contributed by atoms with E-state index in [0.29, 0.717) is 17.8 Å². The summed E-state index contributed by atoms with van der Waals surface area (Å²) in [5, 5.41) is 10.0. The maximum absolute atomic E-state index is 13.4. The van der Waals surface area contributed by atoms with Gasteiger partial charge in [-0.15, -0.1) is 11.3 Å². The number of ketones is 1. The molecular formula is C23H22BrN3OS. The Bertz CT molecular complexity index is 1120. The average Bonchev–Trinajstić information content (AvgIpc) is 3.05. The van der Waals surface area contributed by atoms with E-state index in [0.717, 1.165) is 37.6 Å². The summed E-state index contributed by atoms with van der Waals surface area (Å²) in [7, 11) is 0. The van der Waals surface area contributed by atoms with Crippen LogP contribution in [0.3, 0.4) is 0 Å². The lowest BCUT2D eigenvalue weighted by Gasteiger charge is -2.43. The minimum Gasteiger partial charge on any atom is -0.384 e. The van der Waals surface area contributed by atoms with Crippen molar-refractivity contribution in [3.63, 3.8) is 0 Å². The van der Waals surface area contributed by atoms with E-state index in [1.54, 1.807) is 11.3 Å². The van der Waals surface area contributed by atoms with E-state index < -0.39 is 0 Å². The van der Waals surface area contributed by atoms with Crippen molar-refractivity contribution < 1.29 is 4.79 Å². The molecule has 0 amide bonds. The highest BCUT2D eigenvalue weighted by Crippen LogP contribution is 2.51. The van der Waals surface area contributed by atoms with E-state index in [1.165, 1.54) is 0 Å². The summed E-state index contributed by atoms with van der Waals surface area (Å²) in [6, 6.07) is 14.2. The van der Waals surface area contributed by atoms with Crippen molar-refractivity contribution in [1.29, 1.82) is 5.26 Å². The number of carbonyl (C=O) groups excluding carboxylic acids is 1. The van der Waals surface area contributed by atoms with Crippen LogP contribution in [0.1, 0.15) is 42.4 Å². The molecule has 1 atom stereocenters. The van der Waals surface area contributed by atoms with Crippen LogP contribution in [0.15, 0.2) is 63.5 Å². The first kappa shape index (κ1) is 19.9. The lowest BCUT2D eigenvalue weighted by atomic mass is 9.69. The summed E-state index contributed by atoms with van der Waals surface area (Å²) in [6.07, 6.45) is 1.19. The fraction of sp³-hybridized carbons (Fsp3) is 0.304. The molecule has 0 saturated carbocycles. The predicted octanol–water partition coefficient (Wildman–Crippen LogP) is 5.76. The van der Waals surface area contributed by atoms with Crippen molar-refractivity contribution in [3.8, 4) is 6.07 Å². The second-order valence-electron chi connectivity index (χ2n) is 8.41. The lowest BCUT2D eigenvalue weighted by molar-refractivity contribution is -0.118. The molecule has 1 aliphatic carbocycles. The van der Waals surface area contributed by atoms with Gasteiger partial charge in [-0.05, 0) is 49.1 Å². The zero-order valence-electron chi connectivity index (χ0n) is 16.6. The van der Waals surface area contributed by atoms with Gasteiger partial charge in [0.05, 0.1) is 17.6 Å². The first-order valence-corrected chi connectivity index (χ1v) is 11.1. The van der Waals surface area contributed by atoms with E-state index in [4.69, 9.17) is 5.73 Å². The molecule has 1 aliphatic heterocycles. The molecule has 2 N–H and O–H groups in total. The zero-order valence-corrected chi connectivity index (χ0v) is 19.0. The van der Waals surface area contributed by atoms with Gasteiger partial charge in [-0.1, -0.05) is 35.8 Å². The molecule has 1 unspecified atom stereocenters. The predicted molar refractivity (Wildman–Crippen MR) is 120 cm³/mol. The highest BCUT2D eigenvalue weighted by Gasteiger charge is 2.45. The van der Waals surface area contributed by atoms with Gasteiger partial charge >= 0.3 is 0 Å². The minimum absolute atomic E-state index is 0.104. The smallest absolute Gasteiger partial charge is 0.162 e. The molecule has 0 radical (unpaired) electrons. The second kappa shape index (κ2) is 7.16. The number of allylic oxidation sites excluding steroid dienone is 3. The summed E-state index contributed by atoms with van der Waals surface area (Å²) >= 11 is 5.14. The summed E-state index contributed by atoms with van der Waals surface area (Å²) in [5.41, 5.74) is 9.38. The van der Waals surface area contributed by atoms with Gasteiger partial charge in [0.2, 0.25) is 0 Å². The number of carbonyl (C=O) groups is 1. The Hall–Kier alpha value is -2.36. The van der Waals surface area contributed by atoms with Gasteiger partial charge in [0.1, 0.15) is 5.82 Å². The molecule has 2 aliphatic rings. The van der Waals surface area contributed by atoms with E-state index in [1.807, 2.05) is 48.2 Å². The van der Waals surface area contributed by atoms with E-state index in [2.05, 4.69) is 35.8 Å². The van der Waals surface area contributed by atoms with Gasteiger partial charge in [-0.3, -0.25) is 9.69 Å². The fourth-order valence-corrected chi connectivity index (χ4v) is 5.70. The van der Waals surface area contributed by atoms with Gasteiger partial charge in [-0.2, -0.15) is 5.26 Å². The molecule has 0 bridgehead atoms.